The highest BCUT2D eigenvalue weighted by Gasteiger charge is 2.13. The van der Waals surface area contributed by atoms with Crippen molar-refractivity contribution in [3.05, 3.63) is 29.8 Å². The number of nitrogens with zero attached hydrogens (tertiary/aromatic N) is 1. The van der Waals surface area contributed by atoms with Gasteiger partial charge >= 0.3 is 0 Å². The SMILES string of the molecule is c1cc(N2CCOCC2)ccc1CNCC1CSCCS1. The van der Waals surface area contributed by atoms with Gasteiger partial charge in [0, 0.05) is 54.4 Å². The number of anilines is 1. The molecule has 0 saturated carbocycles. The van der Waals surface area contributed by atoms with E-state index in [1.54, 1.807) is 0 Å². The van der Waals surface area contributed by atoms with Crippen molar-refractivity contribution in [1.29, 1.82) is 0 Å². The topological polar surface area (TPSA) is 24.5 Å². The molecule has 2 fully saturated rings. The molecule has 1 aromatic carbocycles. The minimum absolute atomic E-state index is 0.788. The average molecular weight is 325 g/mol. The lowest BCUT2D eigenvalue weighted by atomic mass is 10.2. The first-order valence-corrected chi connectivity index (χ1v) is 9.94. The Kier molecular flexibility index (Phi) is 6.15. The summed E-state index contributed by atoms with van der Waals surface area (Å²) in [6.45, 7) is 5.82. The van der Waals surface area contributed by atoms with Crippen LogP contribution in [0.25, 0.3) is 0 Å². The Labute approximate surface area is 136 Å². The number of ether oxygens (including phenoxy) is 1. The minimum Gasteiger partial charge on any atom is -0.378 e. The molecule has 2 heterocycles. The fraction of sp³-hybridized carbons (Fsp3) is 0.625. The van der Waals surface area contributed by atoms with Crippen LogP contribution in [0, 0.1) is 0 Å². The van der Waals surface area contributed by atoms with Crippen LogP contribution in [-0.4, -0.2) is 55.4 Å². The molecule has 1 N–H and O–H groups in total. The maximum Gasteiger partial charge on any atom is 0.0642 e. The standard InChI is InChI=1S/C16H24N2OS2/c1-3-15(18-5-7-19-8-6-18)4-2-14(1)11-17-12-16-13-20-9-10-21-16/h1-4,16-17H,5-13H2. The van der Waals surface area contributed by atoms with Gasteiger partial charge in [0.25, 0.3) is 0 Å². The summed E-state index contributed by atoms with van der Waals surface area (Å²) in [7, 11) is 0. The van der Waals surface area contributed by atoms with Crippen molar-refractivity contribution < 1.29 is 4.74 Å². The molecule has 21 heavy (non-hydrogen) atoms. The molecule has 0 aliphatic carbocycles. The van der Waals surface area contributed by atoms with E-state index in [-0.39, 0.29) is 0 Å². The van der Waals surface area contributed by atoms with Crippen LogP contribution in [0.2, 0.25) is 0 Å². The van der Waals surface area contributed by atoms with Crippen LogP contribution in [0.3, 0.4) is 0 Å². The van der Waals surface area contributed by atoms with Gasteiger partial charge in [-0.15, -0.1) is 0 Å². The molecule has 5 heteroatoms. The third-order valence-electron chi connectivity index (χ3n) is 3.90. The van der Waals surface area contributed by atoms with Crippen LogP contribution < -0.4 is 10.2 Å². The molecule has 0 amide bonds. The van der Waals surface area contributed by atoms with E-state index in [1.165, 1.54) is 28.5 Å². The summed E-state index contributed by atoms with van der Waals surface area (Å²) >= 11 is 4.21. The number of benzene rings is 1. The second kappa shape index (κ2) is 8.32. The summed E-state index contributed by atoms with van der Waals surface area (Å²) in [5.41, 5.74) is 2.70. The first kappa shape index (κ1) is 15.5. The van der Waals surface area contributed by atoms with Crippen molar-refractivity contribution in [2.45, 2.75) is 11.8 Å². The normalized spacial score (nSPS) is 23.2. The van der Waals surface area contributed by atoms with E-state index in [0.29, 0.717) is 0 Å². The molecule has 0 spiro atoms. The molecule has 116 valence electrons. The Bertz CT molecular complexity index is 415. The van der Waals surface area contributed by atoms with Crippen molar-refractivity contribution in [3.63, 3.8) is 0 Å². The zero-order valence-electron chi connectivity index (χ0n) is 12.4. The van der Waals surface area contributed by atoms with Crippen LogP contribution >= 0.6 is 23.5 Å². The van der Waals surface area contributed by atoms with E-state index in [4.69, 9.17) is 4.74 Å². The maximum absolute atomic E-state index is 5.40. The Morgan fingerprint density at radius 3 is 2.67 bits per heavy atom. The van der Waals surface area contributed by atoms with Crippen molar-refractivity contribution in [1.82, 2.24) is 5.32 Å². The largest absolute Gasteiger partial charge is 0.378 e. The minimum atomic E-state index is 0.788. The average Bonchev–Trinajstić information content (AvgIpc) is 2.57. The van der Waals surface area contributed by atoms with Crippen LogP contribution in [0.1, 0.15) is 5.56 Å². The number of hydrogen-bond acceptors (Lipinski definition) is 5. The van der Waals surface area contributed by atoms with Gasteiger partial charge in [0.15, 0.2) is 0 Å². The molecular formula is C16H24N2OS2. The lowest BCUT2D eigenvalue weighted by Gasteiger charge is -2.29. The van der Waals surface area contributed by atoms with Crippen LogP contribution in [-0.2, 0) is 11.3 Å². The van der Waals surface area contributed by atoms with Crippen molar-refractivity contribution >= 4 is 29.2 Å². The first-order valence-electron chi connectivity index (χ1n) is 7.73. The van der Waals surface area contributed by atoms with Gasteiger partial charge in [0.2, 0.25) is 0 Å². The Balaban J connectivity index is 1.43. The third-order valence-corrected chi connectivity index (χ3v) is 6.74. The molecule has 1 aromatic rings. The molecule has 3 rings (SSSR count). The second-order valence-electron chi connectivity index (χ2n) is 5.46. The molecule has 0 aromatic heterocycles. The summed E-state index contributed by atoms with van der Waals surface area (Å²) in [6, 6.07) is 8.99. The highest BCUT2D eigenvalue weighted by molar-refractivity contribution is 8.06. The van der Waals surface area contributed by atoms with Crippen molar-refractivity contribution in [2.24, 2.45) is 0 Å². The van der Waals surface area contributed by atoms with E-state index in [9.17, 15) is 0 Å². The monoisotopic (exact) mass is 324 g/mol. The van der Waals surface area contributed by atoms with Gasteiger partial charge in [-0.05, 0) is 17.7 Å². The number of nitrogens with one attached hydrogen (secondary N) is 1. The van der Waals surface area contributed by atoms with Gasteiger partial charge < -0.3 is 15.0 Å². The zero-order chi connectivity index (χ0) is 14.3. The number of thioether (sulfide) groups is 2. The molecule has 2 aliphatic rings. The lowest BCUT2D eigenvalue weighted by molar-refractivity contribution is 0.122. The van der Waals surface area contributed by atoms with E-state index < -0.39 is 0 Å². The molecule has 1 unspecified atom stereocenters. The molecule has 3 nitrogen and oxygen atoms in total. The Morgan fingerprint density at radius 1 is 1.14 bits per heavy atom. The van der Waals surface area contributed by atoms with Crippen molar-refractivity contribution in [2.75, 3.05) is 55.0 Å². The molecular weight excluding hydrogens is 300 g/mol. The van der Waals surface area contributed by atoms with E-state index in [0.717, 1.165) is 44.6 Å². The summed E-state index contributed by atoms with van der Waals surface area (Å²) in [5, 5.41) is 4.39. The molecule has 1 atom stereocenters. The molecule has 2 saturated heterocycles. The summed E-state index contributed by atoms with van der Waals surface area (Å²) in [4.78, 5) is 2.40. The number of morpholine rings is 1. The van der Waals surface area contributed by atoms with Crippen LogP contribution in [0.4, 0.5) is 5.69 Å². The molecule has 0 bridgehead atoms. The first-order chi connectivity index (χ1) is 10.4. The van der Waals surface area contributed by atoms with Gasteiger partial charge in [-0.3, -0.25) is 0 Å². The van der Waals surface area contributed by atoms with Gasteiger partial charge in [-0.1, -0.05) is 12.1 Å². The molecule has 2 aliphatic heterocycles. The van der Waals surface area contributed by atoms with E-state index in [2.05, 4.69) is 58.0 Å². The Morgan fingerprint density at radius 2 is 1.95 bits per heavy atom. The highest BCUT2D eigenvalue weighted by Crippen LogP contribution is 2.23. The second-order valence-corrected chi connectivity index (χ2v) is 8.02. The van der Waals surface area contributed by atoms with Gasteiger partial charge in [0.1, 0.15) is 0 Å². The summed E-state index contributed by atoms with van der Waals surface area (Å²) in [6.07, 6.45) is 0. The predicted molar refractivity (Wildman–Crippen MR) is 94.8 cm³/mol. The van der Waals surface area contributed by atoms with Crippen LogP contribution in [0.15, 0.2) is 24.3 Å². The fourth-order valence-corrected chi connectivity index (χ4v) is 5.32. The van der Waals surface area contributed by atoms with Crippen molar-refractivity contribution in [3.8, 4) is 0 Å². The zero-order valence-corrected chi connectivity index (χ0v) is 14.1. The lowest BCUT2D eigenvalue weighted by Crippen LogP contribution is -2.36. The van der Waals surface area contributed by atoms with Gasteiger partial charge in [-0.25, -0.2) is 0 Å². The van der Waals surface area contributed by atoms with Gasteiger partial charge in [-0.2, -0.15) is 23.5 Å². The quantitative estimate of drug-likeness (QED) is 0.897. The summed E-state index contributed by atoms with van der Waals surface area (Å²) in [5.74, 6) is 3.93. The van der Waals surface area contributed by atoms with E-state index in [1.807, 2.05) is 0 Å². The fourth-order valence-electron chi connectivity index (χ4n) is 2.68. The maximum atomic E-state index is 5.40. The summed E-state index contributed by atoms with van der Waals surface area (Å²) < 4.78 is 5.40. The highest BCUT2D eigenvalue weighted by atomic mass is 32.2. The smallest absolute Gasteiger partial charge is 0.0642 e. The van der Waals surface area contributed by atoms with Gasteiger partial charge in [0.05, 0.1) is 13.2 Å². The van der Waals surface area contributed by atoms with Crippen LogP contribution in [0.5, 0.6) is 0 Å². The number of hydrogen-bond donors (Lipinski definition) is 1. The number of rotatable bonds is 5. The molecule has 0 radical (unpaired) electrons. The predicted octanol–water partition coefficient (Wildman–Crippen LogP) is 2.46. The third kappa shape index (κ3) is 4.81. The Hall–Kier alpha value is -0.360. The van der Waals surface area contributed by atoms with E-state index >= 15 is 0 Å².